The summed E-state index contributed by atoms with van der Waals surface area (Å²) in [5.74, 6) is -0.734. The minimum Gasteiger partial charge on any atom is -0.508 e. The summed E-state index contributed by atoms with van der Waals surface area (Å²) in [6, 6.07) is 6.18. The first-order valence-corrected chi connectivity index (χ1v) is 4.30. The lowest BCUT2D eigenvalue weighted by Crippen LogP contribution is -2.25. The molecule has 0 spiro atoms. The Morgan fingerprint density at radius 2 is 2.38 bits per heavy atom. The maximum Gasteiger partial charge on any atom is 0.311 e. The number of carbonyl (C=O) groups is 1. The van der Waals surface area contributed by atoms with E-state index in [4.69, 9.17) is 5.11 Å². The zero-order chi connectivity index (χ0) is 12.0. The van der Waals surface area contributed by atoms with Crippen molar-refractivity contribution in [2.24, 2.45) is 5.10 Å². The number of rotatable bonds is 4. The third-order valence-corrected chi connectivity index (χ3v) is 1.55. The number of hydrogen-bond acceptors (Lipinski definition) is 5. The van der Waals surface area contributed by atoms with Gasteiger partial charge in [0.2, 0.25) is 0 Å². The van der Waals surface area contributed by atoms with Crippen LogP contribution in [0.5, 0.6) is 5.75 Å². The Morgan fingerprint density at radius 1 is 1.62 bits per heavy atom. The van der Waals surface area contributed by atoms with Crippen molar-refractivity contribution in [2.45, 2.75) is 0 Å². The molecule has 1 aromatic carbocycles. The van der Waals surface area contributed by atoms with Crippen molar-refractivity contribution >= 4 is 12.1 Å². The molecule has 7 nitrogen and oxygen atoms in total. The number of amides is 1. The molecule has 0 unspecified atom stereocenters. The van der Waals surface area contributed by atoms with Crippen LogP contribution >= 0.6 is 0 Å². The van der Waals surface area contributed by atoms with Gasteiger partial charge in [-0.05, 0) is 17.7 Å². The van der Waals surface area contributed by atoms with Crippen molar-refractivity contribution in [2.75, 3.05) is 6.54 Å². The largest absolute Gasteiger partial charge is 0.508 e. The van der Waals surface area contributed by atoms with E-state index in [1.807, 2.05) is 5.43 Å². The van der Waals surface area contributed by atoms with Gasteiger partial charge in [0.15, 0.2) is 0 Å². The fourth-order valence-electron chi connectivity index (χ4n) is 0.937. The van der Waals surface area contributed by atoms with Crippen LogP contribution in [0.25, 0.3) is 0 Å². The predicted octanol–water partition coefficient (Wildman–Crippen LogP) is 0.119. The maximum absolute atomic E-state index is 10.8. The highest BCUT2D eigenvalue weighted by atomic mass is 16.6. The van der Waals surface area contributed by atoms with Crippen LogP contribution in [-0.4, -0.2) is 28.7 Å². The molecule has 0 aliphatic heterocycles. The number of benzene rings is 1. The number of nitrogens with one attached hydrogen (secondary N) is 1. The summed E-state index contributed by atoms with van der Waals surface area (Å²) < 4.78 is 0. The van der Waals surface area contributed by atoms with Gasteiger partial charge >= 0.3 is 5.91 Å². The van der Waals surface area contributed by atoms with Gasteiger partial charge < -0.3 is 5.11 Å². The van der Waals surface area contributed by atoms with E-state index in [0.717, 1.165) is 0 Å². The van der Waals surface area contributed by atoms with Crippen LogP contribution < -0.4 is 5.43 Å². The van der Waals surface area contributed by atoms with Gasteiger partial charge in [0.05, 0.1) is 6.21 Å². The summed E-state index contributed by atoms with van der Waals surface area (Å²) in [6.07, 6.45) is 1.28. The van der Waals surface area contributed by atoms with E-state index in [9.17, 15) is 14.9 Å². The van der Waals surface area contributed by atoms with E-state index in [1.54, 1.807) is 12.1 Å². The molecule has 0 heterocycles. The quantitative estimate of drug-likeness (QED) is 0.429. The van der Waals surface area contributed by atoms with Gasteiger partial charge in [0, 0.05) is 4.92 Å². The molecule has 0 fully saturated rings. The number of phenols is 1. The smallest absolute Gasteiger partial charge is 0.311 e. The molecule has 84 valence electrons. The summed E-state index contributed by atoms with van der Waals surface area (Å²) in [5.41, 5.74) is 2.56. The van der Waals surface area contributed by atoms with Crippen molar-refractivity contribution in [3.8, 4) is 5.75 Å². The molecule has 0 atom stereocenters. The number of nitrogens with zero attached hydrogens (tertiary/aromatic N) is 2. The van der Waals surface area contributed by atoms with E-state index in [2.05, 4.69) is 5.10 Å². The van der Waals surface area contributed by atoms with Crippen LogP contribution in [-0.2, 0) is 4.79 Å². The van der Waals surface area contributed by atoms with Crippen LogP contribution in [0.3, 0.4) is 0 Å². The molecule has 0 bridgehead atoms. The van der Waals surface area contributed by atoms with Crippen molar-refractivity contribution < 1.29 is 14.8 Å². The van der Waals surface area contributed by atoms with Gasteiger partial charge in [-0.1, -0.05) is 12.1 Å². The highest BCUT2D eigenvalue weighted by Gasteiger charge is 2.06. The Bertz CT molecular complexity index is 431. The average Bonchev–Trinajstić information content (AvgIpc) is 2.16. The van der Waals surface area contributed by atoms with Crippen molar-refractivity contribution in [3.63, 3.8) is 0 Å². The van der Waals surface area contributed by atoms with Crippen molar-refractivity contribution in [1.29, 1.82) is 0 Å². The Balaban J connectivity index is 2.49. The zero-order valence-corrected chi connectivity index (χ0v) is 8.16. The van der Waals surface area contributed by atoms with Gasteiger partial charge in [-0.3, -0.25) is 14.9 Å². The van der Waals surface area contributed by atoms with Gasteiger partial charge in [-0.25, -0.2) is 5.43 Å². The maximum atomic E-state index is 10.8. The number of hydrogen-bond donors (Lipinski definition) is 2. The summed E-state index contributed by atoms with van der Waals surface area (Å²) in [7, 11) is 0. The molecule has 7 heteroatoms. The predicted molar refractivity (Wildman–Crippen MR) is 55.7 cm³/mol. The lowest BCUT2D eigenvalue weighted by Gasteiger charge is -1.95. The second kappa shape index (κ2) is 5.44. The Hall–Kier alpha value is -2.44. The lowest BCUT2D eigenvalue weighted by atomic mass is 10.2. The molecule has 0 radical (unpaired) electrons. The number of phenolic OH excluding ortho intramolecular Hbond substituents is 1. The van der Waals surface area contributed by atoms with Crippen LogP contribution in [0.15, 0.2) is 29.4 Å². The van der Waals surface area contributed by atoms with Gasteiger partial charge in [0.1, 0.15) is 5.75 Å². The van der Waals surface area contributed by atoms with Crippen LogP contribution in [0.1, 0.15) is 5.56 Å². The van der Waals surface area contributed by atoms with Crippen molar-refractivity contribution in [1.82, 2.24) is 5.43 Å². The minimum absolute atomic E-state index is 0.0700. The lowest BCUT2D eigenvalue weighted by molar-refractivity contribution is -0.467. The van der Waals surface area contributed by atoms with Gasteiger partial charge in [-0.15, -0.1) is 0 Å². The Kier molecular flexibility index (Phi) is 3.96. The fourth-order valence-corrected chi connectivity index (χ4v) is 0.937. The summed E-state index contributed by atoms with van der Waals surface area (Å²) in [6.45, 7) is -0.822. The van der Waals surface area contributed by atoms with Crippen molar-refractivity contribution in [3.05, 3.63) is 39.9 Å². The van der Waals surface area contributed by atoms with Crippen LogP contribution in [0.2, 0.25) is 0 Å². The molecule has 16 heavy (non-hydrogen) atoms. The molecule has 0 aromatic heterocycles. The van der Waals surface area contributed by atoms with Crippen LogP contribution in [0.4, 0.5) is 0 Å². The second-order valence-corrected chi connectivity index (χ2v) is 2.88. The monoisotopic (exact) mass is 223 g/mol. The Morgan fingerprint density at radius 3 is 3.00 bits per heavy atom. The first kappa shape index (κ1) is 11.6. The summed E-state index contributed by atoms with van der Waals surface area (Å²) in [5, 5.41) is 22.5. The minimum atomic E-state index is -0.822. The highest BCUT2D eigenvalue weighted by Crippen LogP contribution is 2.08. The average molecular weight is 223 g/mol. The van der Waals surface area contributed by atoms with E-state index < -0.39 is 17.4 Å². The fraction of sp³-hybridized carbons (Fsp3) is 0.111. The molecule has 0 aliphatic rings. The van der Waals surface area contributed by atoms with E-state index in [0.29, 0.717) is 5.56 Å². The molecule has 2 N–H and O–H groups in total. The van der Waals surface area contributed by atoms with Crippen LogP contribution in [0, 0.1) is 10.1 Å². The molecule has 0 saturated heterocycles. The molecule has 0 aliphatic carbocycles. The normalized spacial score (nSPS) is 10.2. The topological polar surface area (TPSA) is 105 Å². The van der Waals surface area contributed by atoms with Gasteiger partial charge in [0.25, 0.3) is 6.54 Å². The summed E-state index contributed by atoms with van der Waals surface area (Å²) >= 11 is 0. The SMILES string of the molecule is O=C(C[N+](=O)[O-])N/N=C\c1cccc(O)c1. The third kappa shape index (κ3) is 4.18. The number of aromatic hydroxyl groups is 1. The van der Waals surface area contributed by atoms with E-state index in [-0.39, 0.29) is 5.75 Å². The highest BCUT2D eigenvalue weighted by molar-refractivity contribution is 5.83. The second-order valence-electron chi connectivity index (χ2n) is 2.88. The molecule has 1 aromatic rings. The third-order valence-electron chi connectivity index (χ3n) is 1.55. The first-order chi connectivity index (χ1) is 7.58. The number of nitro groups is 1. The first-order valence-electron chi connectivity index (χ1n) is 4.30. The molecular weight excluding hydrogens is 214 g/mol. The van der Waals surface area contributed by atoms with Gasteiger partial charge in [-0.2, -0.15) is 5.10 Å². The molecule has 1 rings (SSSR count). The number of hydrazone groups is 1. The summed E-state index contributed by atoms with van der Waals surface area (Å²) in [4.78, 5) is 20.0. The number of carbonyl (C=O) groups excluding carboxylic acids is 1. The molecular formula is C9H9N3O4. The molecule has 0 saturated carbocycles. The van der Waals surface area contributed by atoms with E-state index in [1.165, 1.54) is 18.3 Å². The zero-order valence-electron chi connectivity index (χ0n) is 8.16. The van der Waals surface area contributed by atoms with E-state index >= 15 is 0 Å². The standard InChI is InChI=1S/C9H9N3O4/c13-8-3-1-2-7(4-8)5-10-11-9(14)6-12(15)16/h1-5,13H,6H2,(H,11,14)/b10-5-. The Labute approximate surface area is 90.6 Å². The molecule has 1 amide bonds.